The lowest BCUT2D eigenvalue weighted by molar-refractivity contribution is 0.112. The predicted molar refractivity (Wildman–Crippen MR) is 99.7 cm³/mol. The van der Waals surface area contributed by atoms with Crippen LogP contribution in [0.4, 0.5) is 10.5 Å². The number of hydrogen-bond donors (Lipinski definition) is 1. The van der Waals surface area contributed by atoms with Crippen LogP contribution in [0.5, 0.6) is 0 Å². The molecule has 0 saturated carbocycles. The van der Waals surface area contributed by atoms with Crippen molar-refractivity contribution in [3.63, 3.8) is 0 Å². The first-order valence-corrected chi connectivity index (χ1v) is 8.62. The van der Waals surface area contributed by atoms with Crippen LogP contribution in [0.15, 0.2) is 48.5 Å². The molecule has 1 aliphatic rings. The first-order chi connectivity index (χ1) is 11.4. The highest BCUT2D eigenvalue weighted by atomic mass is 16.2. The molecular weight excluding hydrogens is 296 g/mol. The van der Waals surface area contributed by atoms with E-state index in [1.54, 1.807) is 0 Å². The number of anilines is 1. The Balaban J connectivity index is 1.70. The fourth-order valence-electron chi connectivity index (χ4n) is 3.49. The van der Waals surface area contributed by atoms with Gasteiger partial charge in [-0.25, -0.2) is 4.79 Å². The number of benzene rings is 2. The van der Waals surface area contributed by atoms with Gasteiger partial charge in [-0.3, -0.25) is 0 Å². The molecule has 1 heterocycles. The molecule has 1 aliphatic heterocycles. The SMILES string of the molecule is Cc1cccc(C(C)C)c1NC(=O)N1CC(C)(c2ccccc2)C1. The lowest BCUT2D eigenvalue weighted by Gasteiger charge is -2.48. The predicted octanol–water partition coefficient (Wildman–Crippen LogP) is 4.92. The van der Waals surface area contributed by atoms with Crippen molar-refractivity contribution in [2.24, 2.45) is 0 Å². The fraction of sp³-hybridized carbons (Fsp3) is 0.381. The highest BCUT2D eigenvalue weighted by molar-refractivity contribution is 5.92. The van der Waals surface area contributed by atoms with Crippen LogP contribution in [0.25, 0.3) is 0 Å². The molecule has 0 radical (unpaired) electrons. The number of amides is 2. The number of nitrogens with one attached hydrogen (secondary N) is 1. The second kappa shape index (κ2) is 6.31. The molecule has 24 heavy (non-hydrogen) atoms. The monoisotopic (exact) mass is 322 g/mol. The number of aryl methyl sites for hydroxylation is 1. The minimum absolute atomic E-state index is 0.000365. The highest BCUT2D eigenvalue weighted by Gasteiger charge is 2.42. The Hall–Kier alpha value is -2.29. The molecule has 0 aromatic heterocycles. The van der Waals surface area contributed by atoms with E-state index in [9.17, 15) is 4.79 Å². The van der Waals surface area contributed by atoms with Gasteiger partial charge in [-0.05, 0) is 29.5 Å². The van der Waals surface area contributed by atoms with Crippen LogP contribution >= 0.6 is 0 Å². The van der Waals surface area contributed by atoms with Gasteiger partial charge in [0, 0.05) is 24.2 Å². The van der Waals surface area contributed by atoms with E-state index < -0.39 is 0 Å². The van der Waals surface area contributed by atoms with Crippen molar-refractivity contribution in [1.29, 1.82) is 0 Å². The van der Waals surface area contributed by atoms with Crippen molar-refractivity contribution in [1.82, 2.24) is 4.90 Å². The van der Waals surface area contributed by atoms with Gasteiger partial charge in [0.05, 0.1) is 0 Å². The van der Waals surface area contributed by atoms with E-state index in [-0.39, 0.29) is 11.4 Å². The molecule has 2 aromatic rings. The maximum atomic E-state index is 12.7. The van der Waals surface area contributed by atoms with Crippen molar-refractivity contribution >= 4 is 11.7 Å². The number of nitrogens with zero attached hydrogens (tertiary/aromatic N) is 1. The minimum atomic E-state index is -0.000365. The zero-order valence-electron chi connectivity index (χ0n) is 15.0. The van der Waals surface area contributed by atoms with Crippen LogP contribution in [0.2, 0.25) is 0 Å². The van der Waals surface area contributed by atoms with Gasteiger partial charge in [0.2, 0.25) is 0 Å². The smallest absolute Gasteiger partial charge is 0.321 e. The Morgan fingerprint density at radius 1 is 1.08 bits per heavy atom. The summed E-state index contributed by atoms with van der Waals surface area (Å²) < 4.78 is 0. The summed E-state index contributed by atoms with van der Waals surface area (Å²) in [5.74, 6) is 0.381. The molecule has 0 bridgehead atoms. The van der Waals surface area contributed by atoms with Crippen LogP contribution in [0, 0.1) is 6.92 Å². The highest BCUT2D eigenvalue weighted by Crippen LogP contribution is 2.35. The summed E-state index contributed by atoms with van der Waals surface area (Å²) >= 11 is 0. The second-order valence-corrected chi connectivity index (χ2v) is 7.41. The summed E-state index contributed by atoms with van der Waals surface area (Å²) in [6.45, 7) is 10.1. The minimum Gasteiger partial charge on any atom is -0.323 e. The summed E-state index contributed by atoms with van der Waals surface area (Å²) in [4.78, 5) is 14.5. The zero-order valence-corrected chi connectivity index (χ0v) is 15.0. The van der Waals surface area contributed by atoms with Gasteiger partial charge in [-0.2, -0.15) is 0 Å². The Labute approximate surface area is 144 Å². The van der Waals surface area contributed by atoms with Gasteiger partial charge in [0.1, 0.15) is 0 Å². The van der Waals surface area contributed by atoms with E-state index >= 15 is 0 Å². The van der Waals surface area contributed by atoms with Crippen LogP contribution in [-0.4, -0.2) is 24.0 Å². The van der Waals surface area contributed by atoms with Crippen LogP contribution in [0.1, 0.15) is 43.4 Å². The Morgan fingerprint density at radius 3 is 2.38 bits per heavy atom. The van der Waals surface area contributed by atoms with Crippen molar-refractivity contribution in [3.8, 4) is 0 Å². The number of urea groups is 1. The molecule has 0 aliphatic carbocycles. The third-order valence-corrected chi connectivity index (χ3v) is 5.00. The van der Waals surface area contributed by atoms with Gasteiger partial charge in [-0.15, -0.1) is 0 Å². The van der Waals surface area contributed by atoms with Gasteiger partial charge >= 0.3 is 6.03 Å². The average molecular weight is 322 g/mol. The van der Waals surface area contributed by atoms with Crippen LogP contribution in [-0.2, 0) is 5.41 Å². The largest absolute Gasteiger partial charge is 0.323 e. The molecule has 1 fully saturated rings. The molecular formula is C21H26N2O. The first kappa shape index (κ1) is 16.6. The van der Waals surface area contributed by atoms with E-state index in [2.05, 4.69) is 62.5 Å². The number of rotatable bonds is 3. The van der Waals surface area contributed by atoms with E-state index in [1.807, 2.05) is 24.0 Å². The van der Waals surface area contributed by atoms with Crippen LogP contribution in [0.3, 0.4) is 0 Å². The first-order valence-electron chi connectivity index (χ1n) is 8.62. The zero-order chi connectivity index (χ0) is 17.3. The molecule has 3 heteroatoms. The molecule has 1 saturated heterocycles. The molecule has 0 atom stereocenters. The van der Waals surface area contributed by atoms with Gasteiger partial charge in [0.25, 0.3) is 0 Å². The summed E-state index contributed by atoms with van der Waals surface area (Å²) in [5, 5.41) is 3.14. The lowest BCUT2D eigenvalue weighted by Crippen LogP contribution is -2.60. The standard InChI is InChI=1S/C21H26N2O/c1-15(2)18-12-8-9-16(3)19(18)22-20(24)23-13-21(4,14-23)17-10-6-5-7-11-17/h5-12,15H,13-14H2,1-4H3,(H,22,24). The normalized spacial score (nSPS) is 16.0. The maximum Gasteiger partial charge on any atom is 0.321 e. The van der Waals surface area contributed by atoms with Crippen molar-refractivity contribution in [2.75, 3.05) is 18.4 Å². The van der Waals surface area contributed by atoms with Crippen molar-refractivity contribution < 1.29 is 4.79 Å². The van der Waals surface area contributed by atoms with E-state index in [0.29, 0.717) is 5.92 Å². The fourth-order valence-corrected chi connectivity index (χ4v) is 3.49. The van der Waals surface area contributed by atoms with E-state index in [1.165, 1.54) is 11.1 Å². The second-order valence-electron chi connectivity index (χ2n) is 7.41. The molecule has 2 aromatic carbocycles. The molecule has 0 unspecified atom stereocenters. The summed E-state index contributed by atoms with van der Waals surface area (Å²) in [7, 11) is 0. The van der Waals surface area contributed by atoms with Gasteiger partial charge in [-0.1, -0.05) is 69.3 Å². The van der Waals surface area contributed by atoms with E-state index in [0.717, 1.165) is 24.3 Å². The number of para-hydroxylation sites is 1. The molecule has 126 valence electrons. The Kier molecular flexibility index (Phi) is 4.35. The van der Waals surface area contributed by atoms with Crippen molar-refractivity contribution in [2.45, 2.75) is 39.0 Å². The molecule has 3 nitrogen and oxygen atoms in total. The average Bonchev–Trinajstić information content (AvgIpc) is 2.54. The van der Waals surface area contributed by atoms with Crippen molar-refractivity contribution in [3.05, 3.63) is 65.2 Å². The number of hydrogen-bond acceptors (Lipinski definition) is 1. The van der Waals surface area contributed by atoms with E-state index in [4.69, 9.17) is 0 Å². The number of likely N-dealkylation sites (tertiary alicyclic amines) is 1. The number of carbonyl (C=O) groups is 1. The van der Waals surface area contributed by atoms with Gasteiger partial charge in [0.15, 0.2) is 0 Å². The molecule has 3 rings (SSSR count). The lowest BCUT2D eigenvalue weighted by atomic mass is 9.76. The molecule has 1 N–H and O–H groups in total. The third-order valence-electron chi connectivity index (χ3n) is 5.00. The quantitative estimate of drug-likeness (QED) is 0.854. The maximum absolute atomic E-state index is 12.7. The summed E-state index contributed by atoms with van der Waals surface area (Å²) in [6, 6.07) is 16.6. The topological polar surface area (TPSA) is 32.3 Å². The molecule has 0 spiro atoms. The summed E-state index contributed by atoms with van der Waals surface area (Å²) in [6.07, 6.45) is 0. The van der Waals surface area contributed by atoms with Gasteiger partial charge < -0.3 is 10.2 Å². The van der Waals surface area contributed by atoms with Crippen LogP contribution < -0.4 is 5.32 Å². The Morgan fingerprint density at radius 2 is 1.75 bits per heavy atom. The molecule has 2 amide bonds. The summed E-state index contributed by atoms with van der Waals surface area (Å²) in [5.41, 5.74) is 4.62. The Bertz CT molecular complexity index is 731. The number of carbonyl (C=O) groups excluding carboxylic acids is 1. The third kappa shape index (κ3) is 3.03.